The Labute approximate surface area is 131 Å². The van der Waals surface area contributed by atoms with Crippen molar-refractivity contribution in [3.05, 3.63) is 64.1 Å². The van der Waals surface area contributed by atoms with Gasteiger partial charge in [0.1, 0.15) is 12.4 Å². The Bertz CT molecular complexity index is 645. The first-order chi connectivity index (χ1) is 10.2. The lowest BCUT2D eigenvalue weighted by atomic mass is 10.1. The first-order valence-electron chi connectivity index (χ1n) is 6.63. The number of halogens is 1. The molecule has 1 heterocycles. The predicted molar refractivity (Wildman–Crippen MR) is 82.1 cm³/mol. The van der Waals surface area contributed by atoms with Gasteiger partial charge < -0.3 is 14.8 Å². The number of carbonyl (C=O) groups is 1. The summed E-state index contributed by atoms with van der Waals surface area (Å²) in [6, 6.07) is 15.4. The Morgan fingerprint density at radius 3 is 2.90 bits per heavy atom. The molecule has 0 unspecified atom stereocenters. The molecule has 1 N–H and O–H groups in total. The third-order valence-electron chi connectivity index (χ3n) is 3.24. The lowest BCUT2D eigenvalue weighted by molar-refractivity contribution is 0.0825. The summed E-state index contributed by atoms with van der Waals surface area (Å²) < 4.78 is 11.9. The average molecular weight is 348 g/mol. The van der Waals surface area contributed by atoms with E-state index < -0.39 is 6.09 Å². The van der Waals surface area contributed by atoms with Gasteiger partial charge in [0.25, 0.3) is 0 Å². The summed E-state index contributed by atoms with van der Waals surface area (Å²) in [6.07, 6.45) is -0.812. The molecule has 0 spiro atoms. The first kappa shape index (κ1) is 13.9. The van der Waals surface area contributed by atoms with Gasteiger partial charge in [-0.3, -0.25) is 0 Å². The number of rotatable bonds is 3. The van der Waals surface area contributed by atoms with Crippen LogP contribution < -0.4 is 10.1 Å². The van der Waals surface area contributed by atoms with Gasteiger partial charge in [-0.1, -0.05) is 46.3 Å². The lowest BCUT2D eigenvalue weighted by Gasteiger charge is -2.12. The predicted octanol–water partition coefficient (Wildman–Crippen LogP) is 3.81. The van der Waals surface area contributed by atoms with Gasteiger partial charge in [0.15, 0.2) is 6.10 Å². The normalized spacial score (nSPS) is 16.0. The molecular formula is C16H14BrNO3. The molecule has 1 aliphatic heterocycles. The van der Waals surface area contributed by atoms with Gasteiger partial charge in [-0.15, -0.1) is 0 Å². The molecule has 5 heteroatoms. The highest BCUT2D eigenvalue weighted by Gasteiger charge is 2.27. The maximum absolute atomic E-state index is 11.9. The zero-order valence-electron chi connectivity index (χ0n) is 11.2. The summed E-state index contributed by atoms with van der Waals surface area (Å²) in [4.78, 5) is 11.9. The average Bonchev–Trinajstić information content (AvgIpc) is 2.88. The maximum atomic E-state index is 11.9. The lowest BCUT2D eigenvalue weighted by Crippen LogP contribution is -2.26. The maximum Gasteiger partial charge on any atom is 0.408 e. The van der Waals surface area contributed by atoms with Crippen molar-refractivity contribution < 1.29 is 14.3 Å². The van der Waals surface area contributed by atoms with Crippen molar-refractivity contribution in [3.8, 4) is 5.75 Å². The number of amides is 1. The molecule has 108 valence electrons. The van der Waals surface area contributed by atoms with Crippen molar-refractivity contribution in [3.63, 3.8) is 0 Å². The van der Waals surface area contributed by atoms with Crippen molar-refractivity contribution in [2.24, 2.45) is 0 Å². The van der Waals surface area contributed by atoms with Crippen molar-refractivity contribution in [1.82, 2.24) is 5.32 Å². The van der Waals surface area contributed by atoms with E-state index in [4.69, 9.17) is 9.47 Å². The van der Waals surface area contributed by atoms with Crippen LogP contribution in [-0.4, -0.2) is 12.7 Å². The van der Waals surface area contributed by atoms with Crippen LogP contribution in [0.2, 0.25) is 0 Å². The fourth-order valence-corrected chi connectivity index (χ4v) is 2.57. The number of alkyl carbamates (subject to hydrolysis) is 1. The van der Waals surface area contributed by atoms with E-state index in [1.54, 1.807) is 0 Å². The molecule has 1 atom stereocenters. The third kappa shape index (κ3) is 3.36. The molecule has 0 saturated carbocycles. The highest BCUT2D eigenvalue weighted by atomic mass is 79.9. The Hall–Kier alpha value is -2.01. The molecule has 0 radical (unpaired) electrons. The van der Waals surface area contributed by atoms with E-state index in [9.17, 15) is 4.79 Å². The number of hydrogen-bond donors (Lipinski definition) is 1. The Balaban J connectivity index is 1.58. The number of carbonyl (C=O) groups excluding carboxylic acids is 1. The molecule has 1 amide bonds. The van der Waals surface area contributed by atoms with Crippen LogP contribution in [0.4, 0.5) is 4.79 Å². The largest absolute Gasteiger partial charge is 0.489 e. The van der Waals surface area contributed by atoms with E-state index in [-0.39, 0.29) is 6.10 Å². The molecule has 21 heavy (non-hydrogen) atoms. The van der Waals surface area contributed by atoms with Gasteiger partial charge in [-0.05, 0) is 23.8 Å². The summed E-state index contributed by atoms with van der Waals surface area (Å²) in [6.45, 7) is 0.795. The number of ether oxygens (including phenoxy) is 2. The van der Waals surface area contributed by atoms with Crippen molar-refractivity contribution in [2.45, 2.75) is 12.6 Å². The minimum absolute atomic E-state index is 0.352. The second kappa shape index (κ2) is 6.18. The summed E-state index contributed by atoms with van der Waals surface area (Å²) in [5, 5.41) is 2.74. The molecule has 0 saturated heterocycles. The summed E-state index contributed by atoms with van der Waals surface area (Å²) in [5.74, 6) is 0.763. The molecule has 2 aromatic rings. The highest BCUT2D eigenvalue weighted by molar-refractivity contribution is 9.10. The third-order valence-corrected chi connectivity index (χ3v) is 3.73. The summed E-state index contributed by atoms with van der Waals surface area (Å²) in [7, 11) is 0. The molecular weight excluding hydrogens is 334 g/mol. The zero-order chi connectivity index (χ0) is 14.7. The van der Waals surface area contributed by atoms with E-state index in [1.807, 2.05) is 48.5 Å². The fraction of sp³-hybridized carbons (Fsp3) is 0.188. The van der Waals surface area contributed by atoms with E-state index in [2.05, 4.69) is 21.2 Å². The van der Waals surface area contributed by atoms with Crippen molar-refractivity contribution in [1.29, 1.82) is 0 Å². The van der Waals surface area contributed by atoms with Crippen molar-refractivity contribution in [2.75, 3.05) is 6.61 Å². The number of fused-ring (bicyclic) bond motifs is 1. The molecule has 0 fully saturated rings. The minimum Gasteiger partial charge on any atom is -0.489 e. The number of nitrogens with one attached hydrogen (secondary N) is 1. The monoisotopic (exact) mass is 347 g/mol. The SMILES string of the molecule is O=C(NCc1ccccc1)O[C@H]1COc2ccc(Br)cc21. The van der Waals surface area contributed by atoms with Crippen LogP contribution >= 0.6 is 15.9 Å². The van der Waals surface area contributed by atoms with Crippen LogP contribution in [0.3, 0.4) is 0 Å². The fourth-order valence-electron chi connectivity index (χ4n) is 2.20. The standard InChI is InChI=1S/C16H14BrNO3/c17-12-6-7-14-13(8-12)15(10-20-14)21-16(19)18-9-11-4-2-1-3-5-11/h1-8,15H,9-10H2,(H,18,19)/t15-/m0/s1. The Morgan fingerprint density at radius 2 is 2.10 bits per heavy atom. The van der Waals surface area contributed by atoms with Crippen LogP contribution in [0.1, 0.15) is 17.2 Å². The quantitative estimate of drug-likeness (QED) is 0.918. The van der Waals surface area contributed by atoms with Gasteiger partial charge in [0, 0.05) is 16.6 Å². The van der Waals surface area contributed by atoms with E-state index in [1.165, 1.54) is 0 Å². The van der Waals surface area contributed by atoms with E-state index in [0.717, 1.165) is 21.3 Å². The highest BCUT2D eigenvalue weighted by Crippen LogP contribution is 2.36. The van der Waals surface area contributed by atoms with Gasteiger partial charge in [-0.25, -0.2) is 4.79 Å². The van der Waals surface area contributed by atoms with Crippen LogP contribution in [0.15, 0.2) is 53.0 Å². The molecule has 0 bridgehead atoms. The second-order valence-electron chi connectivity index (χ2n) is 4.73. The summed E-state index contributed by atoms with van der Waals surface area (Å²) in [5.41, 5.74) is 1.92. The van der Waals surface area contributed by atoms with E-state index >= 15 is 0 Å². The van der Waals surface area contributed by atoms with Crippen molar-refractivity contribution >= 4 is 22.0 Å². The van der Waals surface area contributed by atoms with Gasteiger partial charge in [0.05, 0.1) is 0 Å². The second-order valence-corrected chi connectivity index (χ2v) is 5.64. The smallest absolute Gasteiger partial charge is 0.408 e. The topological polar surface area (TPSA) is 47.6 Å². The van der Waals surface area contributed by atoms with Crippen LogP contribution in [0.25, 0.3) is 0 Å². The zero-order valence-corrected chi connectivity index (χ0v) is 12.8. The Kier molecular flexibility index (Phi) is 4.10. The van der Waals surface area contributed by atoms with E-state index in [0.29, 0.717) is 13.2 Å². The Morgan fingerprint density at radius 1 is 1.29 bits per heavy atom. The molecule has 2 aromatic carbocycles. The number of hydrogen-bond acceptors (Lipinski definition) is 3. The van der Waals surface area contributed by atoms with Gasteiger partial charge in [0.2, 0.25) is 0 Å². The number of benzene rings is 2. The molecule has 4 nitrogen and oxygen atoms in total. The molecule has 1 aliphatic rings. The summed E-state index contributed by atoms with van der Waals surface area (Å²) >= 11 is 3.41. The van der Waals surface area contributed by atoms with Gasteiger partial charge >= 0.3 is 6.09 Å². The molecule has 0 aliphatic carbocycles. The van der Waals surface area contributed by atoms with Crippen LogP contribution in [0.5, 0.6) is 5.75 Å². The van der Waals surface area contributed by atoms with Gasteiger partial charge in [-0.2, -0.15) is 0 Å². The van der Waals surface area contributed by atoms with Crippen LogP contribution in [0, 0.1) is 0 Å². The minimum atomic E-state index is -0.444. The molecule has 0 aromatic heterocycles. The van der Waals surface area contributed by atoms with Crippen LogP contribution in [-0.2, 0) is 11.3 Å². The molecule has 3 rings (SSSR count). The first-order valence-corrected chi connectivity index (χ1v) is 7.42.